The summed E-state index contributed by atoms with van der Waals surface area (Å²) in [6.45, 7) is 6.87. The quantitative estimate of drug-likeness (QED) is 0.793. The first-order valence-corrected chi connectivity index (χ1v) is 10.9. The first kappa shape index (κ1) is 19.4. The highest BCUT2D eigenvalue weighted by Gasteiger charge is 2.24. The maximum atomic E-state index is 14.5. The monoisotopic (exact) mass is 408 g/mol. The Kier molecular flexibility index (Phi) is 4.89. The number of likely N-dealkylation sites (N-methyl/N-ethyl adjacent to an activating group) is 1. The number of benzene rings is 1. The second-order valence-corrected chi connectivity index (χ2v) is 8.81. The molecule has 2 aliphatic heterocycles. The molecule has 2 aromatic rings. The van der Waals surface area contributed by atoms with Crippen LogP contribution in [-0.2, 0) is 19.4 Å². The number of hydrogen-bond donors (Lipinski definition) is 1. The highest BCUT2D eigenvalue weighted by molar-refractivity contribution is 5.88. The molecule has 1 aliphatic carbocycles. The van der Waals surface area contributed by atoms with Gasteiger partial charge in [0.05, 0.1) is 5.70 Å². The second-order valence-electron chi connectivity index (χ2n) is 8.81. The Morgan fingerprint density at radius 3 is 2.73 bits per heavy atom. The molecule has 1 aromatic carbocycles. The van der Waals surface area contributed by atoms with E-state index in [9.17, 15) is 9.18 Å². The zero-order valence-corrected chi connectivity index (χ0v) is 17.8. The van der Waals surface area contributed by atoms with E-state index in [1.807, 2.05) is 19.1 Å². The molecule has 0 unspecified atom stereocenters. The molecule has 0 radical (unpaired) electrons. The van der Waals surface area contributed by atoms with Gasteiger partial charge in [0.15, 0.2) is 0 Å². The Morgan fingerprint density at radius 1 is 1.13 bits per heavy atom. The van der Waals surface area contributed by atoms with Crippen LogP contribution in [0, 0.1) is 6.92 Å². The van der Waals surface area contributed by atoms with Gasteiger partial charge in [0.1, 0.15) is 0 Å². The lowest BCUT2D eigenvalue weighted by molar-refractivity contribution is 0.147. The van der Waals surface area contributed by atoms with Crippen LogP contribution >= 0.6 is 0 Å². The molecule has 0 atom stereocenters. The van der Waals surface area contributed by atoms with Crippen molar-refractivity contribution in [3.8, 4) is 0 Å². The van der Waals surface area contributed by atoms with Gasteiger partial charge >= 0.3 is 0 Å². The fourth-order valence-electron chi connectivity index (χ4n) is 5.13. The topological polar surface area (TPSA) is 42.6 Å². The predicted molar refractivity (Wildman–Crippen MR) is 118 cm³/mol. The molecule has 3 heterocycles. The molecule has 0 spiro atoms. The first-order valence-electron chi connectivity index (χ1n) is 10.9. The summed E-state index contributed by atoms with van der Waals surface area (Å²) in [5.41, 5.74) is 6.45. The fourth-order valence-corrected chi connectivity index (χ4v) is 5.13. The van der Waals surface area contributed by atoms with Crippen LogP contribution in [0.1, 0.15) is 28.7 Å². The molecule has 0 saturated carbocycles. The van der Waals surface area contributed by atoms with Crippen LogP contribution in [0.15, 0.2) is 40.7 Å². The van der Waals surface area contributed by atoms with Crippen LogP contribution in [0.2, 0.25) is 0 Å². The van der Waals surface area contributed by atoms with Crippen molar-refractivity contribution in [2.24, 2.45) is 0 Å². The number of aromatic nitrogens is 1. The van der Waals surface area contributed by atoms with Crippen molar-refractivity contribution in [3.05, 3.63) is 68.5 Å². The van der Waals surface area contributed by atoms with Gasteiger partial charge in [-0.15, -0.1) is 0 Å². The van der Waals surface area contributed by atoms with Crippen LogP contribution in [-0.4, -0.2) is 59.5 Å². The third-order valence-corrected chi connectivity index (χ3v) is 6.82. The van der Waals surface area contributed by atoms with Gasteiger partial charge in [-0.2, -0.15) is 4.39 Å². The minimum atomic E-state index is -0.130. The van der Waals surface area contributed by atoms with Crippen LogP contribution in [0.4, 0.5) is 4.39 Å². The SMILES string of the molecule is Cc1c2c3c(cc(CN4CCN(C5=C(F)N(C)CC=C5)CC4)cc3[nH]c1=O)CCC2. The lowest BCUT2D eigenvalue weighted by Crippen LogP contribution is -2.46. The standard InChI is InChI=1S/C24H29FN4O/c1-16-19-6-3-5-18-13-17(14-20(22(18)19)26-24(16)30)15-28-9-11-29(12-10-28)21-7-4-8-27(2)23(21)25/h4,7,13-14H,3,5-6,8-12,15H2,1-2H3,(H,26,30). The molecule has 1 aromatic heterocycles. The molecule has 1 saturated heterocycles. The van der Waals surface area contributed by atoms with Crippen LogP contribution < -0.4 is 5.56 Å². The highest BCUT2D eigenvalue weighted by Crippen LogP contribution is 2.31. The maximum absolute atomic E-state index is 14.5. The molecule has 30 heavy (non-hydrogen) atoms. The lowest BCUT2D eigenvalue weighted by Gasteiger charge is -2.38. The number of pyridine rings is 1. The van der Waals surface area contributed by atoms with E-state index in [0.29, 0.717) is 12.2 Å². The molecule has 5 rings (SSSR count). The predicted octanol–water partition coefficient (Wildman–Crippen LogP) is 3.08. The van der Waals surface area contributed by atoms with Gasteiger partial charge in [-0.3, -0.25) is 9.69 Å². The van der Waals surface area contributed by atoms with Gasteiger partial charge in [0.2, 0.25) is 5.95 Å². The largest absolute Gasteiger partial charge is 0.365 e. The molecular weight excluding hydrogens is 379 g/mol. The zero-order valence-electron chi connectivity index (χ0n) is 17.8. The van der Waals surface area contributed by atoms with Gasteiger partial charge in [-0.05, 0) is 55.0 Å². The van der Waals surface area contributed by atoms with Gasteiger partial charge in [-0.1, -0.05) is 12.1 Å². The van der Waals surface area contributed by atoms with Gasteiger partial charge in [-0.25, -0.2) is 0 Å². The minimum absolute atomic E-state index is 0.0388. The van der Waals surface area contributed by atoms with Gasteiger partial charge < -0.3 is 14.8 Å². The molecule has 158 valence electrons. The van der Waals surface area contributed by atoms with E-state index in [0.717, 1.165) is 63.1 Å². The number of aromatic amines is 1. The Morgan fingerprint density at radius 2 is 1.93 bits per heavy atom. The third kappa shape index (κ3) is 3.33. The molecule has 3 aliphatic rings. The first-order chi connectivity index (χ1) is 14.5. The maximum Gasteiger partial charge on any atom is 0.251 e. The molecular formula is C24H29FN4O. The smallest absolute Gasteiger partial charge is 0.251 e. The minimum Gasteiger partial charge on any atom is -0.365 e. The van der Waals surface area contributed by atoms with Crippen molar-refractivity contribution < 1.29 is 4.39 Å². The number of nitrogens with zero attached hydrogens (tertiary/aromatic N) is 3. The van der Waals surface area contributed by atoms with Crippen LogP contribution in [0.5, 0.6) is 0 Å². The third-order valence-electron chi connectivity index (χ3n) is 6.82. The summed E-state index contributed by atoms with van der Waals surface area (Å²) in [6, 6.07) is 4.48. The van der Waals surface area contributed by atoms with Crippen LogP contribution in [0.25, 0.3) is 10.9 Å². The van der Waals surface area contributed by atoms with Gasteiger partial charge in [0.25, 0.3) is 5.56 Å². The lowest BCUT2D eigenvalue weighted by atomic mass is 9.87. The molecule has 5 nitrogen and oxygen atoms in total. The van der Waals surface area contributed by atoms with Crippen molar-refractivity contribution in [1.29, 1.82) is 0 Å². The summed E-state index contributed by atoms with van der Waals surface area (Å²) in [6.07, 6.45) is 7.11. The number of halogens is 1. The van der Waals surface area contributed by atoms with Gasteiger partial charge in [0, 0.05) is 62.8 Å². The fraction of sp³-hybridized carbons (Fsp3) is 0.458. The molecule has 0 amide bonds. The van der Waals surface area contributed by atoms with E-state index in [2.05, 4.69) is 26.9 Å². The summed E-state index contributed by atoms with van der Waals surface area (Å²) in [5.74, 6) is -0.130. The van der Waals surface area contributed by atoms with Crippen molar-refractivity contribution in [3.63, 3.8) is 0 Å². The Labute approximate surface area is 176 Å². The Bertz CT molecular complexity index is 1110. The zero-order chi connectivity index (χ0) is 20.8. The van der Waals surface area contributed by atoms with E-state index in [-0.39, 0.29) is 11.5 Å². The molecule has 0 bridgehead atoms. The Balaban J connectivity index is 1.34. The number of nitrogens with one attached hydrogen (secondary N) is 1. The summed E-state index contributed by atoms with van der Waals surface area (Å²) < 4.78 is 14.5. The second kappa shape index (κ2) is 7.58. The average Bonchev–Trinajstić information content (AvgIpc) is 2.74. The number of hydrogen-bond acceptors (Lipinski definition) is 4. The molecule has 6 heteroatoms. The van der Waals surface area contributed by atoms with E-state index < -0.39 is 0 Å². The van der Waals surface area contributed by atoms with Crippen molar-refractivity contribution >= 4 is 10.9 Å². The van der Waals surface area contributed by atoms with E-state index in [1.54, 1.807) is 11.9 Å². The molecule has 1 N–H and O–H groups in total. The average molecular weight is 409 g/mol. The normalized spacial score (nSPS) is 19.8. The number of H-pyrrole nitrogens is 1. The highest BCUT2D eigenvalue weighted by atomic mass is 19.1. The number of aryl methyl sites for hydroxylation is 2. The number of allylic oxidation sites excluding steroid dienone is 1. The van der Waals surface area contributed by atoms with Crippen molar-refractivity contribution in [2.75, 3.05) is 39.8 Å². The number of rotatable bonds is 3. The Hall–Kier alpha value is -2.60. The summed E-state index contributed by atoms with van der Waals surface area (Å²) >= 11 is 0. The summed E-state index contributed by atoms with van der Waals surface area (Å²) in [7, 11) is 1.79. The number of piperazine rings is 1. The summed E-state index contributed by atoms with van der Waals surface area (Å²) in [4.78, 5) is 21.7. The summed E-state index contributed by atoms with van der Waals surface area (Å²) in [5, 5.41) is 1.27. The van der Waals surface area contributed by atoms with E-state index in [1.165, 1.54) is 22.1 Å². The molecule has 1 fully saturated rings. The van der Waals surface area contributed by atoms with Crippen LogP contribution in [0.3, 0.4) is 0 Å². The van der Waals surface area contributed by atoms with E-state index in [4.69, 9.17) is 0 Å². The van der Waals surface area contributed by atoms with Crippen molar-refractivity contribution in [2.45, 2.75) is 32.7 Å². The van der Waals surface area contributed by atoms with E-state index >= 15 is 0 Å². The van der Waals surface area contributed by atoms with Crippen molar-refractivity contribution in [1.82, 2.24) is 19.7 Å².